The van der Waals surface area contributed by atoms with Crippen LogP contribution in [0.15, 0.2) is 27.2 Å². The minimum absolute atomic E-state index is 0.217. The van der Waals surface area contributed by atoms with Gasteiger partial charge in [0.2, 0.25) is 0 Å². The summed E-state index contributed by atoms with van der Waals surface area (Å²) >= 11 is 0. The molecule has 21 heavy (non-hydrogen) atoms. The molecule has 1 saturated heterocycles. The molecule has 0 N–H and O–H groups in total. The van der Waals surface area contributed by atoms with E-state index < -0.39 is 9.84 Å². The molecule has 1 aliphatic rings. The largest absolute Gasteiger partial charge is 0.459 e. The first-order valence-electron chi connectivity index (χ1n) is 6.96. The van der Waals surface area contributed by atoms with Gasteiger partial charge in [0.1, 0.15) is 5.76 Å². The van der Waals surface area contributed by atoms with E-state index in [1.807, 2.05) is 6.92 Å². The Hall–Kier alpha value is -1.60. The van der Waals surface area contributed by atoms with Gasteiger partial charge in [-0.3, -0.25) is 4.90 Å². The number of sulfone groups is 1. The van der Waals surface area contributed by atoms with E-state index in [4.69, 9.17) is 8.83 Å². The molecule has 3 heterocycles. The van der Waals surface area contributed by atoms with Crippen LogP contribution in [0.25, 0.3) is 11.7 Å². The molecule has 0 spiro atoms. The number of furan rings is 1. The molecule has 0 radical (unpaired) electrons. The van der Waals surface area contributed by atoms with Crippen LogP contribution >= 0.6 is 0 Å². The van der Waals surface area contributed by atoms with Crippen molar-refractivity contribution < 1.29 is 17.3 Å². The molecule has 0 aromatic carbocycles. The zero-order valence-electron chi connectivity index (χ0n) is 11.9. The zero-order valence-corrected chi connectivity index (χ0v) is 12.7. The lowest BCUT2D eigenvalue weighted by Crippen LogP contribution is -2.27. The summed E-state index contributed by atoms with van der Waals surface area (Å²) in [5.74, 6) is 2.31. The van der Waals surface area contributed by atoms with Gasteiger partial charge in [-0.15, -0.1) is 0 Å². The normalized spacial score (nSPS) is 19.5. The second kappa shape index (κ2) is 5.65. The molecule has 1 fully saturated rings. The molecule has 0 saturated carbocycles. The van der Waals surface area contributed by atoms with E-state index in [0.29, 0.717) is 31.2 Å². The third kappa shape index (κ3) is 3.36. The SMILES string of the molecule is Cc1oc(-c2ccco2)nc1CN1CCCS(=O)(=O)CC1. The Bertz CT molecular complexity index is 703. The summed E-state index contributed by atoms with van der Waals surface area (Å²) in [6.45, 7) is 3.78. The topological polar surface area (TPSA) is 76.6 Å². The summed E-state index contributed by atoms with van der Waals surface area (Å²) in [6, 6.07) is 3.59. The average Bonchev–Trinajstić information content (AvgIpc) is 3.02. The fraction of sp³-hybridized carbons (Fsp3) is 0.500. The van der Waals surface area contributed by atoms with Crippen molar-refractivity contribution in [1.29, 1.82) is 0 Å². The fourth-order valence-corrected chi connectivity index (χ4v) is 3.75. The van der Waals surface area contributed by atoms with Gasteiger partial charge in [0.05, 0.1) is 23.5 Å². The van der Waals surface area contributed by atoms with Crippen LogP contribution in [0.2, 0.25) is 0 Å². The predicted octanol–water partition coefficient (Wildman–Crippen LogP) is 1.86. The van der Waals surface area contributed by atoms with Crippen molar-refractivity contribution in [2.24, 2.45) is 0 Å². The second-order valence-electron chi connectivity index (χ2n) is 5.28. The first-order chi connectivity index (χ1) is 10.0. The Balaban J connectivity index is 1.73. The maximum absolute atomic E-state index is 11.6. The van der Waals surface area contributed by atoms with Crippen molar-refractivity contribution in [3.63, 3.8) is 0 Å². The van der Waals surface area contributed by atoms with E-state index in [0.717, 1.165) is 18.0 Å². The molecule has 2 aromatic heterocycles. The lowest BCUT2D eigenvalue weighted by Gasteiger charge is -2.17. The number of hydrogen-bond acceptors (Lipinski definition) is 6. The van der Waals surface area contributed by atoms with Crippen LogP contribution < -0.4 is 0 Å². The number of hydrogen-bond donors (Lipinski definition) is 0. The maximum Gasteiger partial charge on any atom is 0.263 e. The maximum atomic E-state index is 11.6. The van der Waals surface area contributed by atoms with Gasteiger partial charge in [-0.05, 0) is 32.0 Å². The number of aromatic nitrogens is 1. The molecule has 0 aliphatic carbocycles. The molecule has 114 valence electrons. The van der Waals surface area contributed by atoms with Crippen LogP contribution in [0.4, 0.5) is 0 Å². The first kappa shape index (κ1) is 14.3. The molecular weight excluding hydrogens is 292 g/mol. The summed E-state index contributed by atoms with van der Waals surface area (Å²) in [4.78, 5) is 6.57. The predicted molar refractivity (Wildman–Crippen MR) is 77.5 cm³/mol. The van der Waals surface area contributed by atoms with Gasteiger partial charge in [-0.25, -0.2) is 13.4 Å². The first-order valence-corrected chi connectivity index (χ1v) is 8.78. The minimum Gasteiger partial charge on any atom is -0.459 e. The Labute approximate surface area is 123 Å². The quantitative estimate of drug-likeness (QED) is 0.861. The van der Waals surface area contributed by atoms with Gasteiger partial charge < -0.3 is 8.83 Å². The van der Waals surface area contributed by atoms with Crippen molar-refractivity contribution in [3.8, 4) is 11.7 Å². The Morgan fingerprint density at radius 1 is 1.33 bits per heavy atom. The van der Waals surface area contributed by atoms with Crippen LogP contribution in [0.5, 0.6) is 0 Å². The van der Waals surface area contributed by atoms with E-state index in [1.165, 1.54) is 0 Å². The molecular formula is C14H18N2O4S. The highest BCUT2D eigenvalue weighted by molar-refractivity contribution is 7.91. The number of rotatable bonds is 3. The van der Waals surface area contributed by atoms with E-state index in [1.54, 1.807) is 18.4 Å². The average molecular weight is 310 g/mol. The van der Waals surface area contributed by atoms with Crippen molar-refractivity contribution in [1.82, 2.24) is 9.88 Å². The lowest BCUT2D eigenvalue weighted by atomic mass is 10.3. The van der Waals surface area contributed by atoms with Crippen molar-refractivity contribution in [2.75, 3.05) is 24.6 Å². The molecule has 0 amide bonds. The molecule has 0 atom stereocenters. The summed E-state index contributed by atoms with van der Waals surface area (Å²) in [5, 5.41) is 0. The molecule has 3 rings (SSSR count). The summed E-state index contributed by atoms with van der Waals surface area (Å²) < 4.78 is 34.1. The Kier molecular flexibility index (Phi) is 3.86. The van der Waals surface area contributed by atoms with E-state index in [9.17, 15) is 8.42 Å². The number of aryl methyl sites for hydroxylation is 1. The second-order valence-corrected chi connectivity index (χ2v) is 7.58. The van der Waals surface area contributed by atoms with Crippen molar-refractivity contribution >= 4 is 9.84 Å². The molecule has 2 aromatic rings. The molecule has 1 aliphatic heterocycles. The molecule has 7 heteroatoms. The van der Waals surface area contributed by atoms with Gasteiger partial charge in [0.25, 0.3) is 5.89 Å². The highest BCUT2D eigenvalue weighted by atomic mass is 32.2. The lowest BCUT2D eigenvalue weighted by molar-refractivity contribution is 0.282. The third-order valence-electron chi connectivity index (χ3n) is 3.65. The Morgan fingerprint density at radius 2 is 2.19 bits per heavy atom. The van der Waals surface area contributed by atoms with Crippen LogP contribution in [0.1, 0.15) is 17.9 Å². The highest BCUT2D eigenvalue weighted by Crippen LogP contribution is 2.23. The fourth-order valence-electron chi connectivity index (χ4n) is 2.44. The molecule has 0 unspecified atom stereocenters. The van der Waals surface area contributed by atoms with Crippen LogP contribution in [0.3, 0.4) is 0 Å². The van der Waals surface area contributed by atoms with Gasteiger partial charge in [0, 0.05) is 13.1 Å². The standard InChI is InChI=1S/C14H18N2O4S/c1-11-12(15-14(20-11)13-4-2-7-19-13)10-16-5-3-8-21(17,18)9-6-16/h2,4,7H,3,5-6,8-10H2,1H3. The van der Waals surface area contributed by atoms with Crippen LogP contribution in [-0.2, 0) is 16.4 Å². The van der Waals surface area contributed by atoms with Crippen molar-refractivity contribution in [2.45, 2.75) is 19.9 Å². The van der Waals surface area contributed by atoms with Crippen molar-refractivity contribution in [3.05, 3.63) is 29.9 Å². The van der Waals surface area contributed by atoms with Gasteiger partial charge in [0.15, 0.2) is 15.6 Å². The van der Waals surface area contributed by atoms with Crippen LogP contribution in [-0.4, -0.2) is 42.9 Å². The van der Waals surface area contributed by atoms with Crippen LogP contribution in [0, 0.1) is 6.92 Å². The minimum atomic E-state index is -2.89. The molecule has 0 bridgehead atoms. The van der Waals surface area contributed by atoms with E-state index in [2.05, 4.69) is 9.88 Å². The number of nitrogens with zero attached hydrogens (tertiary/aromatic N) is 2. The summed E-state index contributed by atoms with van der Waals surface area (Å²) in [5.41, 5.74) is 0.834. The zero-order chi connectivity index (χ0) is 14.9. The van der Waals surface area contributed by atoms with E-state index >= 15 is 0 Å². The third-order valence-corrected chi connectivity index (χ3v) is 5.36. The van der Waals surface area contributed by atoms with E-state index in [-0.39, 0.29) is 11.5 Å². The monoisotopic (exact) mass is 310 g/mol. The summed E-state index contributed by atoms with van der Waals surface area (Å²) in [6.07, 6.45) is 2.25. The van der Waals surface area contributed by atoms with Gasteiger partial charge >= 0.3 is 0 Å². The smallest absolute Gasteiger partial charge is 0.263 e. The van der Waals surface area contributed by atoms with Gasteiger partial charge in [-0.2, -0.15) is 0 Å². The number of oxazole rings is 1. The molecule has 6 nitrogen and oxygen atoms in total. The van der Waals surface area contributed by atoms with Gasteiger partial charge in [-0.1, -0.05) is 0 Å². The highest BCUT2D eigenvalue weighted by Gasteiger charge is 2.21. The summed E-state index contributed by atoms with van der Waals surface area (Å²) in [7, 11) is -2.89. The Morgan fingerprint density at radius 3 is 2.95 bits per heavy atom.